The van der Waals surface area contributed by atoms with Crippen LogP contribution in [0.2, 0.25) is 0 Å². The van der Waals surface area contributed by atoms with Crippen LogP contribution in [0.4, 0.5) is 5.69 Å². The lowest BCUT2D eigenvalue weighted by Crippen LogP contribution is -2.40. The van der Waals surface area contributed by atoms with Crippen molar-refractivity contribution in [1.82, 2.24) is 10.2 Å². The molecule has 124 valence electrons. The summed E-state index contributed by atoms with van der Waals surface area (Å²) in [4.78, 5) is 39.4. The van der Waals surface area contributed by atoms with Crippen LogP contribution in [-0.2, 0) is 9.59 Å². The standard InChI is InChI=1S/C17H23N3O3/c1-3-18-15(21)12-19(4-2)17(23)13-7-5-8-14(11-13)20-10-6-9-16(20)22/h5,7-8,11H,3-4,6,9-10,12H2,1-2H3,(H,18,21). The first kappa shape index (κ1) is 17.0. The molecule has 1 N–H and O–H groups in total. The Morgan fingerprint density at radius 2 is 2.09 bits per heavy atom. The van der Waals surface area contributed by atoms with Crippen molar-refractivity contribution >= 4 is 23.4 Å². The Balaban J connectivity index is 2.14. The van der Waals surface area contributed by atoms with Crippen LogP contribution in [0.25, 0.3) is 0 Å². The lowest BCUT2D eigenvalue weighted by molar-refractivity contribution is -0.121. The van der Waals surface area contributed by atoms with Gasteiger partial charge in [0.1, 0.15) is 0 Å². The SMILES string of the molecule is CCNC(=O)CN(CC)C(=O)c1cccc(N2CCCC2=O)c1. The summed E-state index contributed by atoms with van der Waals surface area (Å²) in [5.74, 6) is -0.287. The zero-order valence-corrected chi connectivity index (χ0v) is 13.7. The first-order valence-corrected chi connectivity index (χ1v) is 8.03. The van der Waals surface area contributed by atoms with Crippen LogP contribution in [0.15, 0.2) is 24.3 Å². The number of carbonyl (C=O) groups is 3. The van der Waals surface area contributed by atoms with Crippen LogP contribution < -0.4 is 10.2 Å². The molecule has 1 aromatic carbocycles. The minimum atomic E-state index is -0.202. The van der Waals surface area contributed by atoms with E-state index in [2.05, 4.69) is 5.32 Å². The summed E-state index contributed by atoms with van der Waals surface area (Å²) in [6.07, 6.45) is 1.39. The van der Waals surface area contributed by atoms with Gasteiger partial charge in [0.2, 0.25) is 11.8 Å². The van der Waals surface area contributed by atoms with Gasteiger partial charge >= 0.3 is 0 Å². The number of hydrogen-bond donors (Lipinski definition) is 1. The molecule has 0 aromatic heterocycles. The van der Waals surface area contributed by atoms with E-state index in [9.17, 15) is 14.4 Å². The minimum Gasteiger partial charge on any atom is -0.355 e. The summed E-state index contributed by atoms with van der Waals surface area (Å²) in [5, 5.41) is 2.69. The molecule has 1 saturated heterocycles. The molecular weight excluding hydrogens is 294 g/mol. The van der Waals surface area contributed by atoms with Crippen molar-refractivity contribution in [2.75, 3.05) is 31.1 Å². The topological polar surface area (TPSA) is 69.7 Å². The van der Waals surface area contributed by atoms with Crippen LogP contribution in [0, 0.1) is 0 Å². The number of hydrogen-bond acceptors (Lipinski definition) is 3. The molecule has 6 nitrogen and oxygen atoms in total. The summed E-state index contributed by atoms with van der Waals surface area (Å²) in [6, 6.07) is 7.05. The maximum atomic E-state index is 12.6. The monoisotopic (exact) mass is 317 g/mol. The van der Waals surface area contributed by atoms with E-state index in [1.807, 2.05) is 19.9 Å². The number of likely N-dealkylation sites (N-methyl/N-ethyl adjacent to an activating group) is 2. The van der Waals surface area contributed by atoms with Crippen molar-refractivity contribution in [2.45, 2.75) is 26.7 Å². The molecule has 1 aliphatic heterocycles. The van der Waals surface area contributed by atoms with Gasteiger partial charge in [0.15, 0.2) is 0 Å². The molecule has 2 rings (SSSR count). The molecule has 0 unspecified atom stereocenters. The average Bonchev–Trinajstić information content (AvgIpc) is 2.98. The molecular formula is C17H23N3O3. The van der Waals surface area contributed by atoms with E-state index < -0.39 is 0 Å². The second-order valence-electron chi connectivity index (χ2n) is 5.47. The molecule has 0 radical (unpaired) electrons. The fraction of sp³-hybridized carbons (Fsp3) is 0.471. The smallest absolute Gasteiger partial charge is 0.254 e. The van der Waals surface area contributed by atoms with Gasteiger partial charge < -0.3 is 15.1 Å². The number of nitrogens with zero attached hydrogens (tertiary/aromatic N) is 2. The zero-order valence-electron chi connectivity index (χ0n) is 13.7. The molecule has 0 spiro atoms. The summed E-state index contributed by atoms with van der Waals surface area (Å²) < 4.78 is 0. The molecule has 6 heteroatoms. The lowest BCUT2D eigenvalue weighted by atomic mass is 10.1. The molecule has 0 saturated carbocycles. The molecule has 3 amide bonds. The highest BCUT2D eigenvalue weighted by atomic mass is 16.2. The minimum absolute atomic E-state index is 0.0377. The fourth-order valence-electron chi connectivity index (χ4n) is 2.66. The largest absolute Gasteiger partial charge is 0.355 e. The van der Waals surface area contributed by atoms with Crippen LogP contribution in [0.3, 0.4) is 0 Å². The second kappa shape index (κ2) is 7.76. The zero-order chi connectivity index (χ0) is 16.8. The highest BCUT2D eigenvalue weighted by molar-refractivity contribution is 6.00. The number of nitrogens with one attached hydrogen (secondary N) is 1. The second-order valence-corrected chi connectivity index (χ2v) is 5.47. The third-order valence-corrected chi connectivity index (χ3v) is 3.86. The van der Waals surface area contributed by atoms with Crippen molar-refractivity contribution in [3.63, 3.8) is 0 Å². The third kappa shape index (κ3) is 4.09. The van der Waals surface area contributed by atoms with E-state index in [1.54, 1.807) is 23.1 Å². The molecule has 1 heterocycles. The number of benzene rings is 1. The maximum Gasteiger partial charge on any atom is 0.254 e. The van der Waals surface area contributed by atoms with Gasteiger partial charge in [0, 0.05) is 37.3 Å². The van der Waals surface area contributed by atoms with Crippen molar-refractivity contribution in [1.29, 1.82) is 0 Å². The Morgan fingerprint density at radius 1 is 1.30 bits per heavy atom. The number of carbonyl (C=O) groups excluding carboxylic acids is 3. The summed E-state index contributed by atoms with van der Waals surface area (Å²) >= 11 is 0. The average molecular weight is 317 g/mol. The van der Waals surface area contributed by atoms with E-state index in [4.69, 9.17) is 0 Å². The van der Waals surface area contributed by atoms with Gasteiger partial charge in [-0.25, -0.2) is 0 Å². The van der Waals surface area contributed by atoms with Gasteiger partial charge in [-0.1, -0.05) is 6.07 Å². The molecule has 0 atom stereocenters. The van der Waals surface area contributed by atoms with Gasteiger partial charge in [0.05, 0.1) is 6.54 Å². The predicted octanol–water partition coefficient (Wildman–Crippen LogP) is 1.41. The van der Waals surface area contributed by atoms with Crippen LogP contribution in [0.1, 0.15) is 37.0 Å². The third-order valence-electron chi connectivity index (χ3n) is 3.86. The molecule has 0 aliphatic carbocycles. The Hall–Kier alpha value is -2.37. The van der Waals surface area contributed by atoms with Crippen LogP contribution in [0.5, 0.6) is 0 Å². The van der Waals surface area contributed by atoms with Crippen molar-refractivity contribution in [3.8, 4) is 0 Å². The van der Waals surface area contributed by atoms with E-state index in [1.165, 1.54) is 4.90 Å². The highest BCUT2D eigenvalue weighted by Gasteiger charge is 2.23. The Labute approximate surface area is 136 Å². The van der Waals surface area contributed by atoms with Crippen molar-refractivity contribution < 1.29 is 14.4 Å². The number of amides is 3. The quantitative estimate of drug-likeness (QED) is 0.862. The van der Waals surface area contributed by atoms with E-state index in [0.29, 0.717) is 31.6 Å². The number of rotatable bonds is 6. The van der Waals surface area contributed by atoms with Gasteiger partial charge in [0.25, 0.3) is 5.91 Å². The summed E-state index contributed by atoms with van der Waals surface area (Å²) in [5.41, 5.74) is 1.24. The molecule has 23 heavy (non-hydrogen) atoms. The van der Waals surface area contributed by atoms with E-state index in [-0.39, 0.29) is 24.3 Å². The summed E-state index contributed by atoms with van der Waals surface area (Å²) in [6.45, 7) is 5.39. The van der Waals surface area contributed by atoms with Crippen LogP contribution in [-0.4, -0.2) is 48.8 Å². The predicted molar refractivity (Wildman–Crippen MR) is 88.3 cm³/mol. The van der Waals surface area contributed by atoms with Gasteiger partial charge in [-0.15, -0.1) is 0 Å². The Bertz CT molecular complexity index is 601. The van der Waals surface area contributed by atoms with E-state index >= 15 is 0 Å². The van der Waals surface area contributed by atoms with Crippen LogP contribution >= 0.6 is 0 Å². The van der Waals surface area contributed by atoms with Gasteiger partial charge in [-0.2, -0.15) is 0 Å². The lowest BCUT2D eigenvalue weighted by Gasteiger charge is -2.21. The molecule has 1 aromatic rings. The Morgan fingerprint density at radius 3 is 2.70 bits per heavy atom. The van der Waals surface area contributed by atoms with Gasteiger partial charge in [-0.05, 0) is 38.5 Å². The molecule has 1 fully saturated rings. The maximum absolute atomic E-state index is 12.6. The first-order valence-electron chi connectivity index (χ1n) is 8.03. The number of anilines is 1. The van der Waals surface area contributed by atoms with Gasteiger partial charge in [-0.3, -0.25) is 14.4 Å². The molecule has 0 bridgehead atoms. The highest BCUT2D eigenvalue weighted by Crippen LogP contribution is 2.22. The normalized spacial score (nSPS) is 14.0. The Kier molecular flexibility index (Phi) is 5.73. The first-order chi connectivity index (χ1) is 11.1. The fourth-order valence-corrected chi connectivity index (χ4v) is 2.66. The summed E-state index contributed by atoms with van der Waals surface area (Å²) in [7, 11) is 0. The molecule has 1 aliphatic rings. The van der Waals surface area contributed by atoms with Crippen molar-refractivity contribution in [3.05, 3.63) is 29.8 Å². The van der Waals surface area contributed by atoms with Crippen molar-refractivity contribution in [2.24, 2.45) is 0 Å². The van der Waals surface area contributed by atoms with E-state index in [0.717, 1.165) is 12.1 Å².